The first kappa shape index (κ1) is 19.8. The summed E-state index contributed by atoms with van der Waals surface area (Å²) in [5.41, 5.74) is 2.70. The van der Waals surface area contributed by atoms with Crippen LogP contribution < -0.4 is 0 Å². The van der Waals surface area contributed by atoms with Crippen molar-refractivity contribution in [3.05, 3.63) is 35.5 Å². The summed E-state index contributed by atoms with van der Waals surface area (Å²) < 4.78 is 13.2. The first-order valence-electron chi connectivity index (χ1n) is 11.5. The lowest BCUT2D eigenvalue weighted by atomic mass is 9.41. The Balaban J connectivity index is 1.52. The number of ether oxygens (including phenoxy) is 2. The predicted molar refractivity (Wildman–Crippen MR) is 114 cm³/mol. The maximum Gasteiger partial charge on any atom is 0.180 e. The van der Waals surface area contributed by atoms with E-state index in [1.807, 2.05) is 12.2 Å². The Labute approximate surface area is 175 Å². The zero-order valence-corrected chi connectivity index (χ0v) is 18.9. The lowest BCUT2D eigenvalue weighted by Gasteiger charge is -2.63. The summed E-state index contributed by atoms with van der Waals surface area (Å²) in [6, 6.07) is 0. The summed E-state index contributed by atoms with van der Waals surface area (Å²) in [7, 11) is 0. The van der Waals surface area contributed by atoms with E-state index in [4.69, 9.17) is 9.47 Å². The van der Waals surface area contributed by atoms with E-state index in [0.717, 1.165) is 12.8 Å². The van der Waals surface area contributed by atoms with Gasteiger partial charge < -0.3 is 9.47 Å². The summed E-state index contributed by atoms with van der Waals surface area (Å²) in [5, 5.41) is 0. The maximum absolute atomic E-state index is 12.0. The molecule has 158 valence electrons. The highest BCUT2D eigenvalue weighted by atomic mass is 16.7. The van der Waals surface area contributed by atoms with Gasteiger partial charge in [-0.2, -0.15) is 0 Å². The second kappa shape index (κ2) is 5.95. The van der Waals surface area contributed by atoms with Crippen LogP contribution in [0.2, 0.25) is 0 Å². The molecule has 29 heavy (non-hydrogen) atoms. The van der Waals surface area contributed by atoms with Crippen molar-refractivity contribution >= 4 is 5.78 Å². The lowest BCUT2D eigenvalue weighted by molar-refractivity contribution is -0.178. The number of ketones is 1. The van der Waals surface area contributed by atoms with E-state index in [1.54, 1.807) is 0 Å². The number of fused-ring (bicyclic) bond motifs is 7. The molecule has 8 atom stereocenters. The largest absolute Gasteiger partial charge is 0.342 e. The molecule has 5 aliphatic rings. The Morgan fingerprint density at radius 3 is 2.66 bits per heavy atom. The van der Waals surface area contributed by atoms with Gasteiger partial charge >= 0.3 is 0 Å². The van der Waals surface area contributed by atoms with Crippen LogP contribution in [0.25, 0.3) is 0 Å². The van der Waals surface area contributed by atoms with Crippen LogP contribution in [-0.4, -0.2) is 23.8 Å². The van der Waals surface area contributed by atoms with Crippen molar-refractivity contribution in [3.8, 4) is 0 Å². The van der Waals surface area contributed by atoms with E-state index in [1.165, 1.54) is 30.4 Å². The smallest absolute Gasteiger partial charge is 0.180 e. The molecule has 0 aromatic rings. The lowest BCUT2D eigenvalue weighted by Crippen LogP contribution is -2.59. The Kier molecular flexibility index (Phi) is 4.05. The van der Waals surface area contributed by atoms with Crippen LogP contribution in [0.1, 0.15) is 73.6 Å². The summed E-state index contributed by atoms with van der Waals surface area (Å²) in [4.78, 5) is 12.0. The van der Waals surface area contributed by atoms with Gasteiger partial charge in [0.25, 0.3) is 0 Å². The van der Waals surface area contributed by atoms with Crippen molar-refractivity contribution in [1.82, 2.24) is 0 Å². The zero-order valence-electron chi connectivity index (χ0n) is 18.9. The van der Waals surface area contributed by atoms with Crippen molar-refractivity contribution in [3.63, 3.8) is 0 Å². The van der Waals surface area contributed by atoms with E-state index >= 15 is 0 Å². The first-order valence-corrected chi connectivity index (χ1v) is 11.5. The van der Waals surface area contributed by atoms with Crippen LogP contribution in [0.4, 0.5) is 0 Å². The molecule has 0 N–H and O–H groups in total. The molecule has 5 rings (SSSR count). The number of rotatable bonds is 1. The molecule has 1 saturated heterocycles. The van der Waals surface area contributed by atoms with Gasteiger partial charge in [-0.05, 0) is 87.9 Å². The van der Waals surface area contributed by atoms with E-state index in [2.05, 4.69) is 53.7 Å². The van der Waals surface area contributed by atoms with Gasteiger partial charge in [-0.1, -0.05) is 38.5 Å². The van der Waals surface area contributed by atoms with Gasteiger partial charge in [0.2, 0.25) is 0 Å². The van der Waals surface area contributed by atoms with Crippen LogP contribution in [-0.2, 0) is 14.3 Å². The predicted octanol–water partition coefficient (Wildman–Crippen LogP) is 5.76. The molecule has 0 bridgehead atoms. The van der Waals surface area contributed by atoms with E-state index < -0.39 is 0 Å². The summed E-state index contributed by atoms with van der Waals surface area (Å²) in [6.45, 7) is 13.9. The van der Waals surface area contributed by atoms with Crippen LogP contribution in [0.15, 0.2) is 35.5 Å². The topological polar surface area (TPSA) is 35.5 Å². The molecule has 0 radical (unpaired) electrons. The van der Waals surface area contributed by atoms with E-state index in [-0.39, 0.29) is 40.0 Å². The highest BCUT2D eigenvalue weighted by Gasteiger charge is 2.72. The van der Waals surface area contributed by atoms with Gasteiger partial charge in [0, 0.05) is 10.8 Å². The minimum Gasteiger partial charge on any atom is -0.342 e. The van der Waals surface area contributed by atoms with Gasteiger partial charge in [0.15, 0.2) is 12.1 Å². The minimum atomic E-state index is -0.226. The minimum absolute atomic E-state index is 0.0205. The van der Waals surface area contributed by atoms with Crippen LogP contribution in [0.3, 0.4) is 0 Å². The van der Waals surface area contributed by atoms with Crippen molar-refractivity contribution in [2.45, 2.75) is 91.6 Å². The van der Waals surface area contributed by atoms with Crippen molar-refractivity contribution in [1.29, 1.82) is 0 Å². The standard InChI is InChI=1S/C26H36O3/c1-7-16(2)22-28-21-15-20-24(4)11-8-17-14-18(27)9-12-23(17,3)19(24)10-13-25(20,5)26(21,6)29-22/h7,9,12,14,19-22H,8,10-11,13,15H2,1-6H3/b16-7+/t19-,20+,21-,22-,23+,24?,25+,26-/m1/s1. The third-order valence-corrected chi connectivity index (χ3v) is 10.2. The molecule has 0 spiro atoms. The molecule has 3 nitrogen and oxygen atoms in total. The molecule has 0 aromatic carbocycles. The number of carbonyl (C=O) groups is 1. The van der Waals surface area contributed by atoms with Gasteiger partial charge in [0.1, 0.15) is 5.60 Å². The average molecular weight is 397 g/mol. The molecular weight excluding hydrogens is 360 g/mol. The summed E-state index contributed by atoms with van der Waals surface area (Å²) in [6.07, 6.45) is 13.7. The first-order chi connectivity index (χ1) is 13.6. The molecule has 0 aromatic heterocycles. The quantitative estimate of drug-likeness (QED) is 0.529. The normalized spacial score (nSPS) is 53.8. The molecular formula is C26H36O3. The van der Waals surface area contributed by atoms with Crippen molar-refractivity contribution < 1.29 is 14.3 Å². The van der Waals surface area contributed by atoms with Crippen LogP contribution in [0.5, 0.6) is 0 Å². The molecule has 4 fully saturated rings. The number of hydrogen-bond donors (Lipinski definition) is 0. The Morgan fingerprint density at radius 1 is 1.17 bits per heavy atom. The molecule has 1 aliphatic heterocycles. The molecule has 1 unspecified atom stereocenters. The number of carbonyl (C=O) groups excluding carboxylic acids is 1. The van der Waals surface area contributed by atoms with Gasteiger partial charge in [-0.3, -0.25) is 4.79 Å². The van der Waals surface area contributed by atoms with Gasteiger partial charge in [0.05, 0.1) is 6.10 Å². The van der Waals surface area contributed by atoms with Crippen LogP contribution >= 0.6 is 0 Å². The Bertz CT molecular complexity index is 852. The third-order valence-electron chi connectivity index (χ3n) is 10.2. The molecule has 1 heterocycles. The summed E-state index contributed by atoms with van der Waals surface area (Å²) in [5.74, 6) is 1.32. The van der Waals surface area contributed by atoms with Crippen molar-refractivity contribution in [2.24, 2.45) is 28.1 Å². The SMILES string of the molecule is C/C=C(\C)[C@@H]1O[C@@H]2C[C@H]3C4(C)CCC5=CC(=O)C=C[C@]5(C)[C@H]4CC[C@]3(C)[C@]2(C)O1. The van der Waals surface area contributed by atoms with Gasteiger partial charge in [-0.25, -0.2) is 0 Å². The number of hydrogen-bond acceptors (Lipinski definition) is 3. The molecule has 3 saturated carbocycles. The average Bonchev–Trinajstić information content (AvgIpc) is 3.12. The Morgan fingerprint density at radius 2 is 1.93 bits per heavy atom. The van der Waals surface area contributed by atoms with E-state index in [9.17, 15) is 4.79 Å². The fourth-order valence-electron chi connectivity index (χ4n) is 8.14. The molecule has 3 heteroatoms. The second-order valence-electron chi connectivity index (χ2n) is 11.2. The van der Waals surface area contributed by atoms with Crippen LogP contribution in [0, 0.1) is 28.1 Å². The van der Waals surface area contributed by atoms with E-state index in [0.29, 0.717) is 11.8 Å². The molecule has 4 aliphatic carbocycles. The maximum atomic E-state index is 12.0. The number of allylic oxidation sites excluding steroid dienone is 5. The Hall–Kier alpha value is -1.19. The van der Waals surface area contributed by atoms with Gasteiger partial charge in [-0.15, -0.1) is 0 Å². The molecule has 0 amide bonds. The third kappa shape index (κ3) is 2.29. The fraction of sp³-hybridized carbons (Fsp3) is 0.731. The summed E-state index contributed by atoms with van der Waals surface area (Å²) >= 11 is 0. The monoisotopic (exact) mass is 396 g/mol. The zero-order chi connectivity index (χ0) is 20.8. The highest BCUT2D eigenvalue weighted by molar-refractivity contribution is 6.01. The fourth-order valence-corrected chi connectivity index (χ4v) is 8.14. The van der Waals surface area contributed by atoms with Crippen molar-refractivity contribution in [2.75, 3.05) is 0 Å². The second-order valence-corrected chi connectivity index (χ2v) is 11.2. The highest BCUT2D eigenvalue weighted by Crippen LogP contribution is 2.73.